The molecule has 0 bridgehead atoms. The van der Waals surface area contributed by atoms with Crippen LogP contribution in [0.1, 0.15) is 31.2 Å². The molecule has 114 valence electrons. The number of nitrogens with one attached hydrogen (secondary N) is 1. The Morgan fingerprint density at radius 3 is 2.76 bits per heavy atom. The molecule has 0 amide bonds. The second-order valence-corrected chi connectivity index (χ2v) is 6.50. The molecule has 1 N–H and O–H groups in total. The molecule has 0 saturated heterocycles. The molecule has 3 rings (SSSR count). The van der Waals surface area contributed by atoms with Gasteiger partial charge in [0.1, 0.15) is 5.82 Å². The maximum absolute atomic E-state index is 13.3. The van der Waals surface area contributed by atoms with Gasteiger partial charge in [-0.1, -0.05) is 30.5 Å². The van der Waals surface area contributed by atoms with Crippen molar-refractivity contribution in [2.24, 2.45) is 4.99 Å². The molecule has 1 heterocycles. The van der Waals surface area contributed by atoms with Crippen LogP contribution in [0.3, 0.4) is 0 Å². The highest BCUT2D eigenvalue weighted by molar-refractivity contribution is 6.31. The Balaban J connectivity index is 1.82. The second kappa shape index (κ2) is 5.84. The SMILES string of the molecule is CN1CCN=C1NCC1(c2ccc(F)cc2Cl)CCCC1. The van der Waals surface area contributed by atoms with E-state index in [9.17, 15) is 4.39 Å². The van der Waals surface area contributed by atoms with Crippen molar-refractivity contribution in [2.75, 3.05) is 26.7 Å². The number of nitrogens with zero attached hydrogens (tertiary/aromatic N) is 2. The largest absolute Gasteiger partial charge is 0.355 e. The van der Waals surface area contributed by atoms with E-state index in [1.54, 1.807) is 0 Å². The van der Waals surface area contributed by atoms with E-state index in [2.05, 4.69) is 15.2 Å². The molecule has 1 saturated carbocycles. The maximum Gasteiger partial charge on any atom is 0.193 e. The molecule has 5 heteroatoms. The van der Waals surface area contributed by atoms with Crippen LogP contribution in [0.15, 0.2) is 23.2 Å². The molecule has 3 nitrogen and oxygen atoms in total. The smallest absolute Gasteiger partial charge is 0.193 e. The monoisotopic (exact) mass is 309 g/mol. The van der Waals surface area contributed by atoms with Crippen LogP contribution in [0.25, 0.3) is 0 Å². The van der Waals surface area contributed by atoms with Gasteiger partial charge >= 0.3 is 0 Å². The van der Waals surface area contributed by atoms with Crippen molar-refractivity contribution in [3.8, 4) is 0 Å². The van der Waals surface area contributed by atoms with Crippen molar-refractivity contribution >= 4 is 17.6 Å². The van der Waals surface area contributed by atoms with Crippen LogP contribution >= 0.6 is 11.6 Å². The number of hydrogen-bond donors (Lipinski definition) is 1. The number of aliphatic imine (C=N–C) groups is 1. The Morgan fingerprint density at radius 1 is 1.38 bits per heavy atom. The van der Waals surface area contributed by atoms with Crippen LogP contribution < -0.4 is 5.32 Å². The molecule has 0 atom stereocenters. The van der Waals surface area contributed by atoms with E-state index in [-0.39, 0.29) is 11.2 Å². The van der Waals surface area contributed by atoms with E-state index < -0.39 is 0 Å². The van der Waals surface area contributed by atoms with Gasteiger partial charge in [0.05, 0.1) is 6.54 Å². The molecule has 2 aliphatic rings. The fourth-order valence-corrected chi connectivity index (χ4v) is 3.85. The van der Waals surface area contributed by atoms with E-state index in [1.165, 1.54) is 25.0 Å². The Bertz CT molecular complexity index is 552. The Kier molecular flexibility index (Phi) is 4.07. The third kappa shape index (κ3) is 2.86. The first-order valence-electron chi connectivity index (χ1n) is 7.56. The molecular weight excluding hydrogens is 289 g/mol. The standard InChI is InChI=1S/C16H21ClFN3/c1-21-9-8-19-15(21)20-11-16(6-2-3-7-16)13-5-4-12(18)10-14(13)17/h4-5,10H,2-3,6-9,11H2,1H3,(H,19,20). The molecule has 1 aliphatic heterocycles. The minimum absolute atomic E-state index is 0.00324. The van der Waals surface area contributed by atoms with Gasteiger partial charge in [-0.3, -0.25) is 4.99 Å². The highest BCUT2D eigenvalue weighted by Crippen LogP contribution is 2.43. The summed E-state index contributed by atoms with van der Waals surface area (Å²) < 4.78 is 13.3. The van der Waals surface area contributed by atoms with Gasteiger partial charge in [0.2, 0.25) is 0 Å². The van der Waals surface area contributed by atoms with Gasteiger partial charge in [-0.25, -0.2) is 4.39 Å². The van der Waals surface area contributed by atoms with Crippen molar-refractivity contribution in [3.63, 3.8) is 0 Å². The number of rotatable bonds is 3. The summed E-state index contributed by atoms with van der Waals surface area (Å²) in [5, 5.41) is 4.02. The first-order valence-corrected chi connectivity index (χ1v) is 7.94. The topological polar surface area (TPSA) is 27.6 Å². The van der Waals surface area contributed by atoms with E-state index in [0.717, 1.165) is 44.0 Å². The van der Waals surface area contributed by atoms with Gasteiger partial charge < -0.3 is 10.2 Å². The zero-order valence-electron chi connectivity index (χ0n) is 12.3. The molecule has 1 aromatic rings. The molecule has 0 unspecified atom stereocenters. The van der Waals surface area contributed by atoms with Gasteiger partial charge in [-0.15, -0.1) is 0 Å². The van der Waals surface area contributed by atoms with Crippen molar-refractivity contribution in [1.29, 1.82) is 0 Å². The molecule has 0 radical (unpaired) electrons. The minimum atomic E-state index is -0.273. The molecule has 1 aromatic carbocycles. The average molecular weight is 310 g/mol. The summed E-state index contributed by atoms with van der Waals surface area (Å²) >= 11 is 6.31. The minimum Gasteiger partial charge on any atom is -0.355 e. The third-order valence-electron chi connectivity index (χ3n) is 4.71. The summed E-state index contributed by atoms with van der Waals surface area (Å²) in [6.45, 7) is 2.62. The Hall–Kier alpha value is -1.29. The lowest BCUT2D eigenvalue weighted by atomic mass is 9.78. The highest BCUT2D eigenvalue weighted by atomic mass is 35.5. The maximum atomic E-state index is 13.3. The number of hydrogen-bond acceptors (Lipinski definition) is 3. The molecule has 1 aliphatic carbocycles. The normalized spacial score (nSPS) is 20.7. The lowest BCUT2D eigenvalue weighted by Crippen LogP contribution is -2.43. The molecule has 21 heavy (non-hydrogen) atoms. The third-order valence-corrected chi connectivity index (χ3v) is 5.02. The molecule has 0 aromatic heterocycles. The number of guanidine groups is 1. The zero-order valence-corrected chi connectivity index (χ0v) is 13.1. The van der Waals surface area contributed by atoms with E-state index in [4.69, 9.17) is 11.6 Å². The fourth-order valence-electron chi connectivity index (χ4n) is 3.48. The van der Waals surface area contributed by atoms with Gasteiger partial charge in [-0.05, 0) is 30.5 Å². The lowest BCUT2D eigenvalue weighted by molar-refractivity contribution is 0.421. The van der Waals surface area contributed by atoms with E-state index in [0.29, 0.717) is 5.02 Å². The zero-order chi connectivity index (χ0) is 14.9. The highest BCUT2D eigenvalue weighted by Gasteiger charge is 2.37. The summed E-state index contributed by atoms with van der Waals surface area (Å²) in [6, 6.07) is 4.79. The Labute approximate surface area is 130 Å². The number of benzene rings is 1. The van der Waals surface area contributed by atoms with Gasteiger partial charge in [0, 0.05) is 30.6 Å². The lowest BCUT2D eigenvalue weighted by Gasteiger charge is -2.32. The van der Waals surface area contributed by atoms with Gasteiger partial charge in [-0.2, -0.15) is 0 Å². The van der Waals surface area contributed by atoms with E-state index >= 15 is 0 Å². The summed E-state index contributed by atoms with van der Waals surface area (Å²) in [7, 11) is 2.05. The quantitative estimate of drug-likeness (QED) is 0.928. The van der Waals surface area contributed by atoms with Crippen LogP contribution in [0.5, 0.6) is 0 Å². The average Bonchev–Trinajstić information content (AvgIpc) is 3.06. The number of halogens is 2. The Morgan fingerprint density at radius 2 is 2.14 bits per heavy atom. The molecule has 0 spiro atoms. The van der Waals surface area contributed by atoms with Crippen LogP contribution in [0.2, 0.25) is 5.02 Å². The molecule has 1 fully saturated rings. The predicted octanol–water partition coefficient (Wildman–Crippen LogP) is 3.18. The van der Waals surface area contributed by atoms with Crippen LogP contribution in [0, 0.1) is 5.82 Å². The summed E-state index contributed by atoms with van der Waals surface area (Å²) in [6.07, 6.45) is 4.56. The van der Waals surface area contributed by atoms with E-state index in [1.807, 2.05) is 13.1 Å². The van der Waals surface area contributed by atoms with Crippen LogP contribution in [0.4, 0.5) is 4.39 Å². The first kappa shape index (κ1) is 14.6. The summed E-state index contributed by atoms with van der Waals surface area (Å²) in [5.41, 5.74) is 1.06. The first-order chi connectivity index (χ1) is 10.1. The van der Waals surface area contributed by atoms with Gasteiger partial charge in [0.25, 0.3) is 0 Å². The van der Waals surface area contributed by atoms with Crippen LogP contribution in [-0.2, 0) is 5.41 Å². The van der Waals surface area contributed by atoms with Crippen molar-refractivity contribution in [1.82, 2.24) is 10.2 Å². The summed E-state index contributed by atoms with van der Waals surface area (Å²) in [4.78, 5) is 6.61. The van der Waals surface area contributed by atoms with Crippen LogP contribution in [-0.4, -0.2) is 37.5 Å². The fraction of sp³-hybridized carbons (Fsp3) is 0.562. The summed E-state index contributed by atoms with van der Waals surface area (Å²) in [5.74, 6) is 0.685. The van der Waals surface area contributed by atoms with Gasteiger partial charge in [0.15, 0.2) is 5.96 Å². The predicted molar refractivity (Wildman–Crippen MR) is 84.5 cm³/mol. The van der Waals surface area contributed by atoms with Crippen molar-refractivity contribution in [2.45, 2.75) is 31.1 Å². The number of likely N-dealkylation sites (N-methyl/N-ethyl adjacent to an activating group) is 1. The second-order valence-electron chi connectivity index (χ2n) is 6.09. The van der Waals surface area contributed by atoms with Crippen molar-refractivity contribution < 1.29 is 4.39 Å². The molecular formula is C16H21ClFN3. The van der Waals surface area contributed by atoms with Crippen molar-refractivity contribution in [3.05, 3.63) is 34.6 Å².